The first-order valence-corrected chi connectivity index (χ1v) is 4.93. The van der Waals surface area contributed by atoms with Crippen molar-refractivity contribution in [2.24, 2.45) is 0 Å². The molecule has 5 nitrogen and oxygen atoms in total. The largest absolute Gasteiger partial charge is 0.481 e. The summed E-state index contributed by atoms with van der Waals surface area (Å²) >= 11 is 0. The van der Waals surface area contributed by atoms with Crippen LogP contribution in [-0.2, 0) is 13.2 Å². The van der Waals surface area contributed by atoms with E-state index in [1.807, 2.05) is 16.7 Å². The normalized spacial score (nSPS) is 10.4. The molecule has 0 saturated carbocycles. The van der Waals surface area contributed by atoms with Gasteiger partial charge in [0.1, 0.15) is 0 Å². The third-order valence-corrected chi connectivity index (χ3v) is 2.18. The number of imidazole rings is 1. The van der Waals surface area contributed by atoms with Crippen molar-refractivity contribution in [3.05, 3.63) is 42.1 Å². The molecule has 0 aromatic carbocycles. The quantitative estimate of drug-likeness (QED) is 0.827. The summed E-state index contributed by atoms with van der Waals surface area (Å²) in [5.74, 6) is 0.597. The van der Waals surface area contributed by atoms with Gasteiger partial charge in [-0.2, -0.15) is 0 Å². The second-order valence-corrected chi connectivity index (χ2v) is 3.37. The molecule has 16 heavy (non-hydrogen) atoms. The second kappa shape index (κ2) is 4.76. The van der Waals surface area contributed by atoms with Crippen LogP contribution >= 0.6 is 0 Å². The number of nitrogens with zero attached hydrogens (tertiary/aromatic N) is 3. The van der Waals surface area contributed by atoms with Crippen LogP contribution in [0.5, 0.6) is 5.88 Å². The van der Waals surface area contributed by atoms with E-state index < -0.39 is 0 Å². The summed E-state index contributed by atoms with van der Waals surface area (Å²) in [7, 11) is 1.59. The third-order valence-electron chi connectivity index (χ3n) is 2.18. The van der Waals surface area contributed by atoms with Gasteiger partial charge >= 0.3 is 0 Å². The van der Waals surface area contributed by atoms with Crippen LogP contribution in [0.1, 0.15) is 11.4 Å². The molecule has 0 aliphatic carbocycles. The molecule has 1 N–H and O–H groups in total. The molecule has 0 radical (unpaired) electrons. The molecule has 2 heterocycles. The molecule has 2 aromatic heterocycles. The molecule has 2 aromatic rings. The number of rotatable bonds is 4. The van der Waals surface area contributed by atoms with Crippen LogP contribution in [0.15, 0.2) is 30.7 Å². The molecule has 0 amide bonds. The third kappa shape index (κ3) is 2.38. The van der Waals surface area contributed by atoms with E-state index in [1.165, 1.54) is 0 Å². The molecule has 2 rings (SSSR count). The number of ether oxygens (including phenoxy) is 1. The lowest BCUT2D eigenvalue weighted by molar-refractivity contribution is 0.277. The van der Waals surface area contributed by atoms with E-state index in [-0.39, 0.29) is 6.61 Å². The molecule has 84 valence electrons. The van der Waals surface area contributed by atoms with E-state index in [4.69, 9.17) is 9.84 Å². The molecule has 0 aliphatic rings. The van der Waals surface area contributed by atoms with Gasteiger partial charge < -0.3 is 14.4 Å². The lowest BCUT2D eigenvalue weighted by Gasteiger charge is -2.03. The zero-order valence-corrected chi connectivity index (χ0v) is 9.00. The van der Waals surface area contributed by atoms with Gasteiger partial charge in [0.25, 0.3) is 0 Å². The van der Waals surface area contributed by atoms with Crippen molar-refractivity contribution in [1.29, 1.82) is 0 Å². The Morgan fingerprint density at radius 3 is 2.94 bits per heavy atom. The number of aromatic nitrogens is 3. The fraction of sp³-hybridized carbons (Fsp3) is 0.273. The maximum atomic E-state index is 8.89. The molecule has 5 heteroatoms. The molecule has 0 spiro atoms. The monoisotopic (exact) mass is 219 g/mol. The second-order valence-electron chi connectivity index (χ2n) is 3.37. The van der Waals surface area contributed by atoms with Gasteiger partial charge in [0.05, 0.1) is 38.0 Å². The van der Waals surface area contributed by atoms with Crippen LogP contribution in [0.3, 0.4) is 0 Å². The first-order valence-electron chi connectivity index (χ1n) is 4.93. The zero-order valence-electron chi connectivity index (χ0n) is 9.00. The number of aliphatic hydroxyl groups excluding tert-OH is 1. The lowest BCUT2D eigenvalue weighted by atomic mass is 10.3. The summed E-state index contributed by atoms with van der Waals surface area (Å²) in [5.41, 5.74) is 1.55. The minimum Gasteiger partial charge on any atom is -0.481 e. The number of methoxy groups -OCH3 is 1. The van der Waals surface area contributed by atoms with Crippen molar-refractivity contribution in [1.82, 2.24) is 14.5 Å². The van der Waals surface area contributed by atoms with Gasteiger partial charge in [-0.3, -0.25) is 0 Å². The predicted octanol–water partition coefficient (Wildman–Crippen LogP) is 0.827. The average Bonchev–Trinajstić information content (AvgIpc) is 2.77. The number of hydrogen-bond donors (Lipinski definition) is 1. The maximum Gasteiger partial charge on any atom is 0.213 e. The topological polar surface area (TPSA) is 60.2 Å². The molecular weight excluding hydrogens is 206 g/mol. The van der Waals surface area contributed by atoms with Crippen LogP contribution in [0.2, 0.25) is 0 Å². The van der Waals surface area contributed by atoms with Crippen molar-refractivity contribution < 1.29 is 9.84 Å². The zero-order chi connectivity index (χ0) is 11.4. The molecule has 0 fully saturated rings. The first-order chi connectivity index (χ1) is 7.81. The Balaban J connectivity index is 2.13. The van der Waals surface area contributed by atoms with Crippen LogP contribution in [-0.4, -0.2) is 26.8 Å². The van der Waals surface area contributed by atoms with Crippen LogP contribution in [0, 0.1) is 0 Å². The number of pyridine rings is 1. The van der Waals surface area contributed by atoms with Crippen LogP contribution in [0.25, 0.3) is 0 Å². The van der Waals surface area contributed by atoms with Crippen LogP contribution in [0.4, 0.5) is 0 Å². The van der Waals surface area contributed by atoms with Gasteiger partial charge in [-0.25, -0.2) is 9.97 Å². The average molecular weight is 219 g/mol. The van der Waals surface area contributed by atoms with E-state index in [2.05, 4.69) is 9.97 Å². The van der Waals surface area contributed by atoms with Gasteiger partial charge in [0.15, 0.2) is 0 Å². The Kier molecular flexibility index (Phi) is 3.16. The number of hydrogen-bond acceptors (Lipinski definition) is 4. The highest BCUT2D eigenvalue weighted by atomic mass is 16.5. The van der Waals surface area contributed by atoms with Crippen molar-refractivity contribution in [3.8, 4) is 5.88 Å². The molecule has 0 atom stereocenters. The minimum absolute atomic E-state index is 0.0431. The van der Waals surface area contributed by atoms with Gasteiger partial charge in [0, 0.05) is 12.3 Å². The van der Waals surface area contributed by atoms with Crippen molar-refractivity contribution in [2.75, 3.05) is 7.11 Å². The molecular formula is C11H13N3O2. The maximum absolute atomic E-state index is 8.89. The van der Waals surface area contributed by atoms with Gasteiger partial charge in [-0.05, 0) is 6.07 Å². The van der Waals surface area contributed by atoms with Crippen molar-refractivity contribution in [3.63, 3.8) is 0 Å². The Labute approximate surface area is 93.3 Å². The van der Waals surface area contributed by atoms with Crippen LogP contribution < -0.4 is 4.74 Å². The fourth-order valence-corrected chi connectivity index (χ4v) is 1.42. The van der Waals surface area contributed by atoms with Gasteiger partial charge in [-0.15, -0.1) is 0 Å². The summed E-state index contributed by atoms with van der Waals surface area (Å²) in [4.78, 5) is 8.32. The SMILES string of the molecule is COc1cccc(Cn2cnc(CO)c2)n1. The smallest absolute Gasteiger partial charge is 0.213 e. The molecule has 0 unspecified atom stereocenters. The summed E-state index contributed by atoms with van der Waals surface area (Å²) in [5, 5.41) is 8.89. The van der Waals surface area contributed by atoms with E-state index >= 15 is 0 Å². The highest BCUT2D eigenvalue weighted by Crippen LogP contribution is 2.08. The summed E-state index contributed by atoms with van der Waals surface area (Å²) in [6.45, 7) is 0.572. The van der Waals surface area contributed by atoms with E-state index in [1.54, 1.807) is 25.7 Å². The highest BCUT2D eigenvalue weighted by Gasteiger charge is 2.00. The van der Waals surface area contributed by atoms with E-state index in [9.17, 15) is 0 Å². The van der Waals surface area contributed by atoms with Crippen molar-refractivity contribution >= 4 is 0 Å². The van der Waals surface area contributed by atoms with Gasteiger partial charge in [-0.1, -0.05) is 6.07 Å². The minimum atomic E-state index is -0.0431. The van der Waals surface area contributed by atoms with Crippen molar-refractivity contribution in [2.45, 2.75) is 13.2 Å². The molecule has 0 saturated heterocycles. The summed E-state index contributed by atoms with van der Waals surface area (Å²) < 4.78 is 6.91. The Bertz CT molecular complexity index is 468. The van der Waals surface area contributed by atoms with Gasteiger partial charge in [0.2, 0.25) is 5.88 Å². The van der Waals surface area contributed by atoms with E-state index in [0.717, 1.165) is 5.69 Å². The molecule has 0 aliphatic heterocycles. The Morgan fingerprint density at radius 1 is 1.38 bits per heavy atom. The standard InChI is InChI=1S/C11H13N3O2/c1-16-11-4-2-3-9(13-11)5-14-6-10(7-15)12-8-14/h2-4,6,8,15H,5,7H2,1H3. The fourth-order valence-electron chi connectivity index (χ4n) is 1.42. The predicted molar refractivity (Wildman–Crippen MR) is 58.0 cm³/mol. The lowest BCUT2D eigenvalue weighted by Crippen LogP contribution is -2.00. The summed E-state index contributed by atoms with van der Waals surface area (Å²) in [6, 6.07) is 5.61. The molecule has 0 bridgehead atoms. The highest BCUT2D eigenvalue weighted by molar-refractivity contribution is 5.16. The first kappa shape index (κ1) is 10.6. The number of aliphatic hydroxyl groups is 1. The van der Waals surface area contributed by atoms with E-state index in [0.29, 0.717) is 18.1 Å². The Morgan fingerprint density at radius 2 is 2.25 bits per heavy atom. The summed E-state index contributed by atoms with van der Waals surface area (Å²) in [6.07, 6.45) is 3.47. The Hall–Kier alpha value is -1.88.